The number of aliphatic hydroxyl groups is 1. The number of benzene rings is 2. The zero-order valence-electron chi connectivity index (χ0n) is 17.5. The molecule has 0 fully saturated rings. The van der Waals surface area contributed by atoms with Gasteiger partial charge in [0.1, 0.15) is 11.3 Å². The van der Waals surface area contributed by atoms with Gasteiger partial charge in [-0.05, 0) is 62.2 Å². The number of pyridine rings is 1. The number of fused-ring (bicyclic) bond motifs is 1. The average molecular weight is 417 g/mol. The van der Waals surface area contributed by atoms with Gasteiger partial charge in [0.15, 0.2) is 5.58 Å². The van der Waals surface area contributed by atoms with Crippen molar-refractivity contribution in [3.63, 3.8) is 0 Å². The van der Waals surface area contributed by atoms with Crippen LogP contribution in [0.4, 0.5) is 0 Å². The predicted molar refractivity (Wildman–Crippen MR) is 116 cm³/mol. The Kier molecular flexibility index (Phi) is 5.44. The van der Waals surface area contributed by atoms with Gasteiger partial charge in [0, 0.05) is 18.1 Å². The fraction of sp³-hybridized carbons (Fsp3) is 0.208. The van der Waals surface area contributed by atoms with Crippen molar-refractivity contribution in [1.82, 2.24) is 15.5 Å². The average Bonchev–Trinajstić information content (AvgIpc) is 3.12. The lowest BCUT2D eigenvalue weighted by Gasteiger charge is -2.18. The summed E-state index contributed by atoms with van der Waals surface area (Å²) < 4.78 is 11.1. The van der Waals surface area contributed by atoms with Crippen molar-refractivity contribution in [2.75, 3.05) is 0 Å². The van der Waals surface area contributed by atoms with Gasteiger partial charge in [-0.3, -0.25) is 4.79 Å². The summed E-state index contributed by atoms with van der Waals surface area (Å²) in [6, 6.07) is 16.1. The highest BCUT2D eigenvalue weighted by atomic mass is 16.5. The molecule has 4 aromatic rings. The number of rotatable bonds is 6. The molecule has 2 heterocycles. The van der Waals surface area contributed by atoms with Crippen molar-refractivity contribution in [2.45, 2.75) is 32.9 Å². The number of hydrogen-bond acceptors (Lipinski definition) is 6. The van der Waals surface area contributed by atoms with Crippen LogP contribution in [0.15, 0.2) is 65.3 Å². The molecule has 0 atom stereocenters. The van der Waals surface area contributed by atoms with E-state index in [1.54, 1.807) is 44.3 Å². The van der Waals surface area contributed by atoms with E-state index in [1.807, 2.05) is 37.3 Å². The second-order valence-electron chi connectivity index (χ2n) is 7.82. The zero-order valence-corrected chi connectivity index (χ0v) is 17.5. The molecule has 0 aliphatic rings. The van der Waals surface area contributed by atoms with E-state index in [0.29, 0.717) is 23.4 Å². The number of nitrogens with one attached hydrogen (secondary N) is 1. The number of carbonyl (C=O) groups excluding carboxylic acids is 1. The topological polar surface area (TPSA) is 97.5 Å². The minimum absolute atomic E-state index is 0.214. The summed E-state index contributed by atoms with van der Waals surface area (Å²) in [7, 11) is 0. The summed E-state index contributed by atoms with van der Waals surface area (Å²) in [5.74, 6) is 0.455. The molecular formula is C24H23N3O4. The maximum Gasteiger partial charge on any atom is 0.257 e. The molecule has 4 rings (SSSR count). The van der Waals surface area contributed by atoms with Crippen molar-refractivity contribution < 1.29 is 19.2 Å². The van der Waals surface area contributed by atoms with E-state index in [0.717, 1.165) is 22.2 Å². The predicted octanol–water partition coefficient (Wildman–Crippen LogP) is 4.48. The lowest BCUT2D eigenvalue weighted by atomic mass is 9.97. The molecule has 31 heavy (non-hydrogen) atoms. The van der Waals surface area contributed by atoms with Crippen molar-refractivity contribution in [3.8, 4) is 11.6 Å². The first-order valence-corrected chi connectivity index (χ1v) is 9.90. The molecule has 0 aliphatic heterocycles. The number of nitrogens with zero attached hydrogens (tertiary/aromatic N) is 2. The summed E-state index contributed by atoms with van der Waals surface area (Å²) in [5, 5.41) is 17.7. The number of carbonyl (C=O) groups is 1. The first-order chi connectivity index (χ1) is 14.8. The van der Waals surface area contributed by atoms with Crippen LogP contribution in [0.1, 0.15) is 41.0 Å². The van der Waals surface area contributed by atoms with Crippen LogP contribution < -0.4 is 10.1 Å². The maximum absolute atomic E-state index is 12.8. The number of hydrogen-bond donors (Lipinski definition) is 2. The smallest absolute Gasteiger partial charge is 0.257 e. The Morgan fingerprint density at radius 3 is 2.68 bits per heavy atom. The lowest BCUT2D eigenvalue weighted by Crippen LogP contribution is -2.23. The van der Waals surface area contributed by atoms with E-state index in [-0.39, 0.29) is 11.8 Å². The molecule has 158 valence electrons. The highest BCUT2D eigenvalue weighted by Crippen LogP contribution is 2.28. The second-order valence-corrected chi connectivity index (χ2v) is 7.82. The molecule has 0 saturated heterocycles. The van der Waals surface area contributed by atoms with Gasteiger partial charge < -0.3 is 19.7 Å². The minimum Gasteiger partial charge on any atom is -0.438 e. The van der Waals surface area contributed by atoms with Crippen LogP contribution in [0.5, 0.6) is 11.6 Å². The molecule has 0 bridgehead atoms. The van der Waals surface area contributed by atoms with E-state index in [4.69, 9.17) is 9.26 Å². The molecule has 0 unspecified atom stereocenters. The highest BCUT2D eigenvalue weighted by Gasteiger charge is 2.17. The first kappa shape index (κ1) is 20.6. The van der Waals surface area contributed by atoms with Crippen molar-refractivity contribution in [1.29, 1.82) is 0 Å². The Morgan fingerprint density at radius 2 is 1.94 bits per heavy atom. The number of ether oxygens (including phenoxy) is 1. The normalized spacial score (nSPS) is 11.5. The quantitative estimate of drug-likeness (QED) is 0.480. The second kappa shape index (κ2) is 8.20. The Bertz CT molecular complexity index is 1220. The van der Waals surface area contributed by atoms with Crippen molar-refractivity contribution >= 4 is 16.9 Å². The zero-order chi connectivity index (χ0) is 22.0. The van der Waals surface area contributed by atoms with Crippen LogP contribution in [0.2, 0.25) is 0 Å². The van der Waals surface area contributed by atoms with Gasteiger partial charge in [0.25, 0.3) is 5.91 Å². The Morgan fingerprint density at radius 1 is 1.16 bits per heavy atom. The maximum atomic E-state index is 12.8. The molecular weight excluding hydrogens is 394 g/mol. The number of aryl methyl sites for hydroxylation is 1. The number of aromatic nitrogens is 2. The van der Waals surface area contributed by atoms with Gasteiger partial charge in [0.2, 0.25) is 5.88 Å². The van der Waals surface area contributed by atoms with Crippen LogP contribution in [0.3, 0.4) is 0 Å². The standard InChI is InChI=1S/C24H23N3O4/c1-15-20-13-18(10-11-21(20)31-27-15)30-23-19(5-4-12-25-23)22(28)26-14-16-6-8-17(9-7-16)24(2,3)29/h4-13,29H,14H2,1-3H3,(H,26,28). The monoisotopic (exact) mass is 417 g/mol. The highest BCUT2D eigenvalue weighted by molar-refractivity contribution is 5.96. The molecule has 2 N–H and O–H groups in total. The third kappa shape index (κ3) is 4.57. The lowest BCUT2D eigenvalue weighted by molar-refractivity contribution is 0.0785. The van der Waals surface area contributed by atoms with Crippen molar-refractivity contribution in [3.05, 3.63) is 83.2 Å². The van der Waals surface area contributed by atoms with Gasteiger partial charge in [-0.25, -0.2) is 4.98 Å². The third-order valence-corrected chi connectivity index (χ3v) is 4.97. The first-order valence-electron chi connectivity index (χ1n) is 9.90. The molecule has 2 aromatic heterocycles. The van der Waals surface area contributed by atoms with E-state index >= 15 is 0 Å². The van der Waals surface area contributed by atoms with E-state index in [2.05, 4.69) is 15.5 Å². The third-order valence-electron chi connectivity index (χ3n) is 4.97. The Balaban J connectivity index is 1.48. The molecule has 0 aliphatic carbocycles. The fourth-order valence-electron chi connectivity index (χ4n) is 3.17. The minimum atomic E-state index is -0.905. The van der Waals surface area contributed by atoms with Gasteiger partial charge in [0.05, 0.1) is 11.3 Å². The molecule has 2 aromatic carbocycles. The molecule has 0 spiro atoms. The fourth-order valence-corrected chi connectivity index (χ4v) is 3.17. The van der Waals surface area contributed by atoms with E-state index in [9.17, 15) is 9.90 Å². The van der Waals surface area contributed by atoms with Gasteiger partial charge >= 0.3 is 0 Å². The molecule has 7 nitrogen and oxygen atoms in total. The molecule has 7 heteroatoms. The van der Waals surface area contributed by atoms with Crippen LogP contribution in [-0.4, -0.2) is 21.2 Å². The molecule has 0 radical (unpaired) electrons. The summed E-state index contributed by atoms with van der Waals surface area (Å²) in [4.78, 5) is 17.0. The van der Waals surface area contributed by atoms with Crippen LogP contribution in [-0.2, 0) is 12.1 Å². The Labute approximate surface area is 179 Å². The van der Waals surface area contributed by atoms with Gasteiger partial charge in [-0.1, -0.05) is 29.4 Å². The van der Waals surface area contributed by atoms with Gasteiger partial charge in [-0.15, -0.1) is 0 Å². The largest absolute Gasteiger partial charge is 0.438 e. The summed E-state index contributed by atoms with van der Waals surface area (Å²) in [5.41, 5.74) is 2.58. The van der Waals surface area contributed by atoms with Gasteiger partial charge in [-0.2, -0.15) is 0 Å². The Hall–Kier alpha value is -3.71. The molecule has 1 amide bonds. The van der Waals surface area contributed by atoms with E-state index in [1.165, 1.54) is 0 Å². The van der Waals surface area contributed by atoms with Crippen LogP contribution in [0, 0.1) is 6.92 Å². The molecule has 0 saturated carbocycles. The number of amides is 1. The van der Waals surface area contributed by atoms with E-state index < -0.39 is 5.60 Å². The summed E-state index contributed by atoms with van der Waals surface area (Å²) in [6.07, 6.45) is 1.57. The van der Waals surface area contributed by atoms with Crippen LogP contribution >= 0.6 is 0 Å². The SMILES string of the molecule is Cc1noc2ccc(Oc3ncccc3C(=O)NCc3ccc(C(C)(C)O)cc3)cc12. The summed E-state index contributed by atoms with van der Waals surface area (Å²) in [6.45, 7) is 5.65. The summed E-state index contributed by atoms with van der Waals surface area (Å²) >= 11 is 0. The van der Waals surface area contributed by atoms with Crippen LogP contribution in [0.25, 0.3) is 11.0 Å². The van der Waals surface area contributed by atoms with Crippen molar-refractivity contribution in [2.24, 2.45) is 0 Å².